The fraction of sp³-hybridized carbons (Fsp3) is 0.600. The molecule has 18 heavy (non-hydrogen) atoms. The molecule has 0 heterocycles. The van der Waals surface area contributed by atoms with Crippen LogP contribution in [0.4, 0.5) is 5.69 Å². The number of anilines is 1. The number of hydrogen-bond donors (Lipinski definition) is 2. The lowest BCUT2D eigenvalue weighted by molar-refractivity contribution is 0.116. The second-order valence-electron chi connectivity index (χ2n) is 4.98. The zero-order chi connectivity index (χ0) is 12.8. The van der Waals surface area contributed by atoms with Crippen molar-refractivity contribution in [1.82, 2.24) is 0 Å². The van der Waals surface area contributed by atoms with Crippen LogP contribution < -0.4 is 10.1 Å². The zero-order valence-electron chi connectivity index (χ0n) is 11.1. The van der Waals surface area contributed by atoms with E-state index in [1.165, 1.54) is 6.42 Å². The van der Waals surface area contributed by atoms with E-state index in [0.717, 1.165) is 43.7 Å². The molecule has 0 aliphatic heterocycles. The predicted octanol–water partition coefficient (Wildman–Crippen LogP) is 3.19. The molecular formula is C15H23NO2. The van der Waals surface area contributed by atoms with Crippen LogP contribution in [0.1, 0.15) is 39.0 Å². The van der Waals surface area contributed by atoms with Crippen LogP contribution in [0.15, 0.2) is 24.3 Å². The Morgan fingerprint density at radius 3 is 2.61 bits per heavy atom. The predicted molar refractivity (Wildman–Crippen MR) is 74.1 cm³/mol. The average Bonchev–Trinajstić information content (AvgIpc) is 2.41. The number of rotatable bonds is 5. The van der Waals surface area contributed by atoms with Gasteiger partial charge >= 0.3 is 0 Å². The van der Waals surface area contributed by atoms with Crippen LogP contribution in [0.3, 0.4) is 0 Å². The van der Waals surface area contributed by atoms with Crippen LogP contribution in [-0.4, -0.2) is 23.9 Å². The summed E-state index contributed by atoms with van der Waals surface area (Å²) in [6.45, 7) is 2.86. The van der Waals surface area contributed by atoms with E-state index in [0.29, 0.717) is 0 Å². The van der Waals surface area contributed by atoms with Crippen LogP contribution in [0.5, 0.6) is 5.75 Å². The summed E-state index contributed by atoms with van der Waals surface area (Å²) in [6, 6.07) is 8.19. The van der Waals surface area contributed by atoms with Gasteiger partial charge in [0.05, 0.1) is 18.8 Å². The van der Waals surface area contributed by atoms with Gasteiger partial charge in [0.15, 0.2) is 0 Å². The van der Waals surface area contributed by atoms with Crippen LogP contribution in [0, 0.1) is 0 Å². The van der Waals surface area contributed by atoms with E-state index in [-0.39, 0.29) is 12.1 Å². The highest BCUT2D eigenvalue weighted by atomic mass is 16.5. The highest BCUT2D eigenvalue weighted by Crippen LogP contribution is 2.23. The third-order valence-corrected chi connectivity index (χ3v) is 3.41. The van der Waals surface area contributed by atoms with E-state index in [1.807, 2.05) is 24.3 Å². The highest BCUT2D eigenvalue weighted by Gasteiger charge is 2.22. The van der Waals surface area contributed by atoms with Gasteiger partial charge in [0, 0.05) is 5.69 Å². The van der Waals surface area contributed by atoms with Crippen molar-refractivity contribution < 1.29 is 9.84 Å². The zero-order valence-corrected chi connectivity index (χ0v) is 11.1. The van der Waals surface area contributed by atoms with E-state index < -0.39 is 0 Å². The van der Waals surface area contributed by atoms with Crippen molar-refractivity contribution >= 4 is 5.69 Å². The number of ether oxygens (including phenoxy) is 1. The molecule has 0 radical (unpaired) electrons. The lowest BCUT2D eigenvalue weighted by Crippen LogP contribution is -2.36. The Labute approximate surface area is 109 Å². The van der Waals surface area contributed by atoms with Crippen molar-refractivity contribution in [2.45, 2.75) is 51.2 Å². The number of aliphatic hydroxyl groups excluding tert-OH is 1. The van der Waals surface area contributed by atoms with Crippen molar-refractivity contribution in [3.05, 3.63) is 24.3 Å². The minimum Gasteiger partial charge on any atom is -0.494 e. The van der Waals surface area contributed by atoms with Crippen LogP contribution in [0.25, 0.3) is 0 Å². The van der Waals surface area contributed by atoms with Crippen molar-refractivity contribution in [3.8, 4) is 5.75 Å². The normalized spacial score (nSPS) is 23.7. The van der Waals surface area contributed by atoms with E-state index in [1.54, 1.807) is 0 Å². The monoisotopic (exact) mass is 249 g/mol. The Balaban J connectivity index is 1.89. The first-order valence-electron chi connectivity index (χ1n) is 6.97. The molecule has 0 amide bonds. The van der Waals surface area contributed by atoms with Crippen LogP contribution in [0.2, 0.25) is 0 Å². The van der Waals surface area contributed by atoms with Gasteiger partial charge < -0.3 is 15.2 Å². The van der Waals surface area contributed by atoms with Gasteiger partial charge in [-0.05, 0) is 43.5 Å². The first kappa shape index (κ1) is 13.2. The summed E-state index contributed by atoms with van der Waals surface area (Å²) in [4.78, 5) is 0. The summed E-state index contributed by atoms with van der Waals surface area (Å²) in [5.74, 6) is 0.909. The number of nitrogens with one attached hydrogen (secondary N) is 1. The molecule has 2 rings (SSSR count). The van der Waals surface area contributed by atoms with Gasteiger partial charge in [0.2, 0.25) is 0 Å². The van der Waals surface area contributed by atoms with Gasteiger partial charge in [0.25, 0.3) is 0 Å². The minimum atomic E-state index is -0.213. The Kier molecular flexibility index (Phi) is 4.88. The maximum atomic E-state index is 9.91. The second kappa shape index (κ2) is 6.64. The summed E-state index contributed by atoms with van der Waals surface area (Å²) >= 11 is 0. The molecule has 2 atom stereocenters. The molecule has 1 aliphatic carbocycles. The molecule has 2 N–H and O–H groups in total. The molecule has 0 aromatic heterocycles. The van der Waals surface area contributed by atoms with Gasteiger partial charge in [-0.15, -0.1) is 0 Å². The molecule has 3 nitrogen and oxygen atoms in total. The fourth-order valence-electron chi connectivity index (χ4n) is 2.36. The van der Waals surface area contributed by atoms with E-state index in [9.17, 15) is 5.11 Å². The molecule has 0 bridgehead atoms. The fourth-order valence-corrected chi connectivity index (χ4v) is 2.36. The molecule has 1 fully saturated rings. The van der Waals surface area contributed by atoms with Gasteiger partial charge in [-0.2, -0.15) is 0 Å². The van der Waals surface area contributed by atoms with E-state index in [2.05, 4.69) is 12.2 Å². The SMILES string of the molecule is CCCOc1ccc(N[C@@H]2CCCC[C@H]2O)cc1. The first-order chi connectivity index (χ1) is 8.79. The third-order valence-electron chi connectivity index (χ3n) is 3.41. The largest absolute Gasteiger partial charge is 0.494 e. The average molecular weight is 249 g/mol. The topological polar surface area (TPSA) is 41.5 Å². The maximum Gasteiger partial charge on any atom is 0.119 e. The standard InChI is InChI=1S/C15H23NO2/c1-2-11-18-13-9-7-12(8-10-13)16-14-5-3-4-6-15(14)17/h7-10,14-17H,2-6,11H2,1H3/t14-,15-/m1/s1. The van der Waals surface area contributed by atoms with Gasteiger partial charge in [-0.3, -0.25) is 0 Å². The maximum absolute atomic E-state index is 9.91. The smallest absolute Gasteiger partial charge is 0.119 e. The molecular weight excluding hydrogens is 226 g/mol. The third kappa shape index (κ3) is 3.64. The molecule has 1 saturated carbocycles. The van der Waals surface area contributed by atoms with Gasteiger partial charge in [0.1, 0.15) is 5.75 Å². The lowest BCUT2D eigenvalue weighted by atomic mass is 9.92. The van der Waals surface area contributed by atoms with Crippen LogP contribution >= 0.6 is 0 Å². The molecule has 3 heteroatoms. The summed E-state index contributed by atoms with van der Waals surface area (Å²) < 4.78 is 5.54. The molecule has 100 valence electrons. The Morgan fingerprint density at radius 1 is 1.22 bits per heavy atom. The number of aliphatic hydroxyl groups is 1. The molecule has 0 unspecified atom stereocenters. The quantitative estimate of drug-likeness (QED) is 0.842. The Bertz CT molecular complexity index is 350. The molecule has 0 spiro atoms. The molecule has 1 aliphatic rings. The van der Waals surface area contributed by atoms with Crippen LogP contribution in [-0.2, 0) is 0 Å². The van der Waals surface area contributed by atoms with E-state index in [4.69, 9.17) is 4.74 Å². The number of benzene rings is 1. The summed E-state index contributed by atoms with van der Waals surface area (Å²) in [5.41, 5.74) is 1.06. The summed E-state index contributed by atoms with van der Waals surface area (Å²) in [7, 11) is 0. The Hall–Kier alpha value is -1.22. The first-order valence-corrected chi connectivity index (χ1v) is 6.97. The molecule has 0 saturated heterocycles. The van der Waals surface area contributed by atoms with Crippen molar-refractivity contribution in [3.63, 3.8) is 0 Å². The second-order valence-corrected chi connectivity index (χ2v) is 4.98. The minimum absolute atomic E-state index is 0.196. The van der Waals surface area contributed by atoms with Crippen molar-refractivity contribution in [2.75, 3.05) is 11.9 Å². The lowest BCUT2D eigenvalue weighted by Gasteiger charge is -2.29. The molecule has 1 aromatic carbocycles. The van der Waals surface area contributed by atoms with Crippen molar-refractivity contribution in [2.24, 2.45) is 0 Å². The molecule has 1 aromatic rings. The van der Waals surface area contributed by atoms with E-state index >= 15 is 0 Å². The van der Waals surface area contributed by atoms with Crippen molar-refractivity contribution in [1.29, 1.82) is 0 Å². The van der Waals surface area contributed by atoms with Gasteiger partial charge in [-0.1, -0.05) is 19.8 Å². The summed E-state index contributed by atoms with van der Waals surface area (Å²) in [5, 5.41) is 13.3. The summed E-state index contributed by atoms with van der Waals surface area (Å²) in [6.07, 6.45) is 5.11. The highest BCUT2D eigenvalue weighted by molar-refractivity contribution is 5.47. The number of hydrogen-bond acceptors (Lipinski definition) is 3. The Morgan fingerprint density at radius 2 is 1.94 bits per heavy atom. The van der Waals surface area contributed by atoms with Gasteiger partial charge in [-0.25, -0.2) is 0 Å².